The third-order valence-electron chi connectivity index (χ3n) is 6.19. The van der Waals surface area contributed by atoms with E-state index in [2.05, 4.69) is 33.4 Å². The summed E-state index contributed by atoms with van der Waals surface area (Å²) in [6.07, 6.45) is 10.8. The second kappa shape index (κ2) is 10.9. The Bertz CT molecular complexity index is 780. The smallest absolute Gasteiger partial charge is 0.285 e. The second-order valence-electron chi connectivity index (χ2n) is 8.88. The lowest BCUT2D eigenvalue weighted by molar-refractivity contribution is -0.119. The van der Waals surface area contributed by atoms with Gasteiger partial charge in [-0.2, -0.15) is 0 Å². The minimum Gasteiger partial charge on any atom is -0.377 e. The number of unbranched alkanes of at least 4 members (excludes halogenated alkanes) is 2. The number of ether oxygens (including phenoxy) is 1. The van der Waals surface area contributed by atoms with Crippen molar-refractivity contribution in [3.63, 3.8) is 0 Å². The number of nitrogens with zero attached hydrogens (tertiary/aromatic N) is 1. The summed E-state index contributed by atoms with van der Waals surface area (Å²) in [7, 11) is 0. The predicted molar refractivity (Wildman–Crippen MR) is 121 cm³/mol. The first kappa shape index (κ1) is 23.4. The monoisotopic (exact) mass is 425 g/mol. The predicted octanol–water partition coefficient (Wildman–Crippen LogP) is 5.58. The Hall–Kier alpha value is -2.24. The molecule has 0 bridgehead atoms. The van der Waals surface area contributed by atoms with Crippen molar-refractivity contribution < 1.29 is 19.2 Å². The number of allylic oxidation sites excluding steroid dienone is 1. The molecule has 0 N–H and O–H groups in total. The fourth-order valence-corrected chi connectivity index (χ4v) is 4.50. The minimum absolute atomic E-state index is 0.150. The molecule has 1 aromatic carbocycles. The van der Waals surface area contributed by atoms with Crippen LogP contribution in [0.1, 0.15) is 73.6 Å². The molecule has 2 heterocycles. The molecule has 2 aliphatic rings. The quantitative estimate of drug-likeness (QED) is 0.264. The molecule has 1 fully saturated rings. The molecule has 4 unspecified atom stereocenters. The van der Waals surface area contributed by atoms with Crippen LogP contribution >= 0.6 is 0 Å². The minimum atomic E-state index is -0.386. The van der Waals surface area contributed by atoms with Gasteiger partial charge >= 0.3 is 0 Å². The Kier molecular flexibility index (Phi) is 8.22. The standard InChI is InChI=1S/C26H35NO4/c1-5-7-8-12-20(15-16-21-19(11-6-2)17-30-24(21)18(3)4)31-27-25(28)22-13-9-10-14-23(22)26(27)29/h6,9-10,13-16,18-21,24H,2,5,7-8,11-12,17H2,1,3-4H3/b16-15+. The molecule has 5 heteroatoms. The van der Waals surface area contributed by atoms with E-state index < -0.39 is 0 Å². The Labute approximate surface area is 186 Å². The molecule has 3 rings (SSSR count). The van der Waals surface area contributed by atoms with Crippen molar-refractivity contribution in [3.8, 4) is 0 Å². The largest absolute Gasteiger partial charge is 0.377 e. The van der Waals surface area contributed by atoms with Crippen molar-refractivity contribution in [3.05, 3.63) is 60.2 Å². The number of rotatable bonds is 11. The van der Waals surface area contributed by atoms with Crippen molar-refractivity contribution in [2.24, 2.45) is 17.8 Å². The third-order valence-corrected chi connectivity index (χ3v) is 6.19. The fourth-order valence-electron chi connectivity index (χ4n) is 4.50. The Balaban J connectivity index is 1.76. The molecule has 2 amide bonds. The number of imide groups is 1. The van der Waals surface area contributed by atoms with Gasteiger partial charge in [-0.05, 0) is 36.8 Å². The molecule has 168 valence electrons. The zero-order valence-corrected chi connectivity index (χ0v) is 19.0. The molecule has 2 aliphatic heterocycles. The second-order valence-corrected chi connectivity index (χ2v) is 8.88. The maximum absolute atomic E-state index is 12.7. The van der Waals surface area contributed by atoms with Gasteiger partial charge in [0.25, 0.3) is 11.8 Å². The Morgan fingerprint density at radius 1 is 1.19 bits per heavy atom. The lowest BCUT2D eigenvalue weighted by Crippen LogP contribution is -2.34. The van der Waals surface area contributed by atoms with Crippen LogP contribution in [-0.4, -0.2) is 35.7 Å². The van der Waals surface area contributed by atoms with Gasteiger partial charge in [0.1, 0.15) is 6.10 Å². The maximum Gasteiger partial charge on any atom is 0.285 e. The van der Waals surface area contributed by atoms with E-state index in [-0.39, 0.29) is 29.9 Å². The van der Waals surface area contributed by atoms with Crippen LogP contribution < -0.4 is 0 Å². The highest BCUT2D eigenvalue weighted by molar-refractivity contribution is 6.20. The van der Waals surface area contributed by atoms with Crippen molar-refractivity contribution in [2.45, 2.75) is 65.1 Å². The van der Waals surface area contributed by atoms with Crippen LogP contribution in [0.3, 0.4) is 0 Å². The lowest BCUT2D eigenvalue weighted by Gasteiger charge is -2.24. The maximum atomic E-state index is 12.7. The summed E-state index contributed by atoms with van der Waals surface area (Å²) in [6, 6.07) is 6.86. The number of hydrogen-bond acceptors (Lipinski definition) is 4. The summed E-state index contributed by atoms with van der Waals surface area (Å²) in [5.41, 5.74) is 0.804. The van der Waals surface area contributed by atoms with Gasteiger partial charge < -0.3 is 4.74 Å². The number of amides is 2. The summed E-state index contributed by atoms with van der Waals surface area (Å²) < 4.78 is 6.07. The highest BCUT2D eigenvalue weighted by Gasteiger charge is 2.39. The van der Waals surface area contributed by atoms with Crippen LogP contribution in [-0.2, 0) is 9.57 Å². The SMILES string of the molecule is C=CCC1COC(C(C)C)C1/C=C/C(CCCCC)ON1C(=O)c2ccccc2C1=O. The number of hydroxylamine groups is 2. The molecule has 0 saturated carbocycles. The molecule has 1 aromatic rings. The van der Waals surface area contributed by atoms with E-state index in [1.54, 1.807) is 24.3 Å². The number of carbonyl (C=O) groups excluding carboxylic acids is 2. The van der Waals surface area contributed by atoms with E-state index in [1.165, 1.54) is 0 Å². The van der Waals surface area contributed by atoms with Gasteiger partial charge in [-0.15, -0.1) is 11.6 Å². The van der Waals surface area contributed by atoms with Crippen molar-refractivity contribution in [1.82, 2.24) is 5.06 Å². The first-order chi connectivity index (χ1) is 15.0. The van der Waals surface area contributed by atoms with Gasteiger partial charge in [0.2, 0.25) is 0 Å². The number of hydrogen-bond donors (Lipinski definition) is 0. The van der Waals surface area contributed by atoms with Crippen LogP contribution in [0.5, 0.6) is 0 Å². The molecule has 0 aromatic heterocycles. The van der Waals surface area contributed by atoms with Crippen molar-refractivity contribution in [2.75, 3.05) is 6.61 Å². The summed E-state index contributed by atoms with van der Waals surface area (Å²) in [4.78, 5) is 31.5. The summed E-state index contributed by atoms with van der Waals surface area (Å²) in [6.45, 7) is 11.1. The van der Waals surface area contributed by atoms with Crippen LogP contribution in [0, 0.1) is 17.8 Å². The average Bonchev–Trinajstić information content (AvgIpc) is 3.27. The fraction of sp³-hybridized carbons (Fsp3) is 0.538. The normalized spacial score (nSPS) is 24.4. The van der Waals surface area contributed by atoms with Gasteiger partial charge in [0.05, 0.1) is 23.8 Å². The zero-order valence-electron chi connectivity index (χ0n) is 19.0. The molecule has 5 nitrogen and oxygen atoms in total. The zero-order chi connectivity index (χ0) is 22.4. The molecule has 4 atom stereocenters. The van der Waals surface area contributed by atoms with Crippen LogP contribution in [0.15, 0.2) is 49.1 Å². The Morgan fingerprint density at radius 3 is 2.45 bits per heavy atom. The van der Waals surface area contributed by atoms with Crippen LogP contribution in [0.25, 0.3) is 0 Å². The molecular formula is C26H35NO4. The van der Waals surface area contributed by atoms with E-state index in [4.69, 9.17) is 9.57 Å². The molecular weight excluding hydrogens is 390 g/mol. The summed E-state index contributed by atoms with van der Waals surface area (Å²) >= 11 is 0. The van der Waals surface area contributed by atoms with Crippen molar-refractivity contribution >= 4 is 11.8 Å². The van der Waals surface area contributed by atoms with E-state index >= 15 is 0 Å². The highest BCUT2D eigenvalue weighted by atomic mass is 16.7. The molecule has 31 heavy (non-hydrogen) atoms. The summed E-state index contributed by atoms with van der Waals surface area (Å²) in [5.74, 6) is 0.279. The number of benzene rings is 1. The third kappa shape index (κ3) is 5.34. The van der Waals surface area contributed by atoms with E-state index in [1.807, 2.05) is 12.2 Å². The van der Waals surface area contributed by atoms with Gasteiger partial charge in [-0.1, -0.05) is 70.4 Å². The van der Waals surface area contributed by atoms with Crippen LogP contribution in [0.2, 0.25) is 0 Å². The average molecular weight is 426 g/mol. The molecule has 0 radical (unpaired) electrons. The van der Waals surface area contributed by atoms with E-state index in [0.29, 0.717) is 23.0 Å². The molecule has 1 saturated heterocycles. The number of carbonyl (C=O) groups is 2. The van der Waals surface area contributed by atoms with E-state index in [9.17, 15) is 9.59 Å². The van der Waals surface area contributed by atoms with Crippen LogP contribution in [0.4, 0.5) is 0 Å². The topological polar surface area (TPSA) is 55.8 Å². The summed E-state index contributed by atoms with van der Waals surface area (Å²) in [5, 5.41) is 0.942. The van der Waals surface area contributed by atoms with Gasteiger partial charge in [0.15, 0.2) is 0 Å². The highest BCUT2D eigenvalue weighted by Crippen LogP contribution is 2.35. The van der Waals surface area contributed by atoms with Crippen molar-refractivity contribution in [1.29, 1.82) is 0 Å². The van der Waals surface area contributed by atoms with Gasteiger partial charge in [-0.3, -0.25) is 14.4 Å². The van der Waals surface area contributed by atoms with E-state index in [0.717, 1.165) is 43.8 Å². The lowest BCUT2D eigenvalue weighted by atomic mass is 9.83. The number of fused-ring (bicyclic) bond motifs is 1. The van der Waals surface area contributed by atoms with Gasteiger partial charge in [0, 0.05) is 5.92 Å². The molecule has 0 aliphatic carbocycles. The first-order valence-electron chi connectivity index (χ1n) is 11.5. The first-order valence-corrected chi connectivity index (χ1v) is 11.5. The Morgan fingerprint density at radius 2 is 1.87 bits per heavy atom. The van der Waals surface area contributed by atoms with Gasteiger partial charge in [-0.25, -0.2) is 0 Å². The molecule has 0 spiro atoms.